The Hall–Kier alpha value is -3.06. The fraction of sp³-hybridized carbons (Fsp3) is 0.143. The Bertz CT molecular complexity index is 1580. The number of hydrogen-bond acceptors (Lipinski definition) is 4. The van der Waals surface area contributed by atoms with Crippen molar-refractivity contribution in [3.05, 3.63) is 105 Å². The van der Waals surface area contributed by atoms with Gasteiger partial charge in [-0.25, -0.2) is 8.42 Å². The quantitative estimate of drug-likeness (QED) is 0.179. The largest absolute Gasteiger partial charge is 0.353 e. The van der Waals surface area contributed by atoms with Gasteiger partial charge in [0.15, 0.2) is 5.76 Å². The van der Waals surface area contributed by atoms with Crippen LogP contribution in [-0.2, 0) is 10.0 Å². The molecule has 1 N–H and O–H groups in total. The summed E-state index contributed by atoms with van der Waals surface area (Å²) in [5.41, 5.74) is 6.54. The summed E-state index contributed by atoms with van der Waals surface area (Å²) >= 11 is 12.1. The van der Waals surface area contributed by atoms with Gasteiger partial charge in [-0.05, 0) is 55.0 Å². The minimum absolute atomic E-state index is 0.141. The van der Waals surface area contributed by atoms with Gasteiger partial charge in [0.2, 0.25) is 0 Å². The van der Waals surface area contributed by atoms with Crippen molar-refractivity contribution in [1.29, 1.82) is 0 Å². The maximum Gasteiger partial charge on any atom is 0.262 e. The number of aromatic nitrogens is 1. The maximum absolute atomic E-state index is 13.4. The fourth-order valence-electron chi connectivity index (χ4n) is 3.61. The van der Waals surface area contributed by atoms with Crippen LogP contribution >= 0.6 is 23.2 Å². The van der Waals surface area contributed by atoms with Crippen LogP contribution in [0.4, 0.5) is 5.69 Å². The van der Waals surface area contributed by atoms with Gasteiger partial charge in [-0.3, -0.25) is 4.72 Å². The lowest BCUT2D eigenvalue weighted by molar-refractivity contribution is 0.414. The molecule has 1 heterocycles. The minimum atomic E-state index is -3.94. The number of benzene rings is 3. The van der Waals surface area contributed by atoms with Crippen molar-refractivity contribution in [3.63, 3.8) is 0 Å². The Balaban J connectivity index is 1.91. The highest BCUT2D eigenvalue weighted by Gasteiger charge is 2.31. The van der Waals surface area contributed by atoms with Crippen LogP contribution in [0, 0.1) is 6.92 Å². The van der Waals surface area contributed by atoms with E-state index < -0.39 is 18.1 Å². The molecule has 3 aromatic carbocycles. The molecule has 9 heteroatoms. The highest BCUT2D eigenvalue weighted by molar-refractivity contribution is 7.92. The van der Waals surface area contributed by atoms with Crippen molar-refractivity contribution in [1.82, 2.24) is 5.16 Å². The van der Waals surface area contributed by atoms with E-state index in [1.807, 2.05) is 25.1 Å². The SMILES string of the molecule is Cc1ccc(S(=O)(=O)Nc2c(-c3ccc(Cl)cc3)noc2C(=C=Cc2ccc(Cl)cc2)[Si](C)(C)C)cc1. The number of hydrogen-bond donors (Lipinski definition) is 1. The first kappa shape index (κ1) is 27.0. The van der Waals surface area contributed by atoms with E-state index in [0.717, 1.165) is 16.3 Å². The molecular weight excluding hydrogens is 543 g/mol. The molecule has 0 spiro atoms. The lowest BCUT2D eigenvalue weighted by Crippen LogP contribution is -2.23. The molecule has 0 saturated heterocycles. The molecule has 0 amide bonds. The van der Waals surface area contributed by atoms with E-state index in [0.29, 0.717) is 27.1 Å². The third kappa shape index (κ3) is 6.45. The molecule has 0 saturated carbocycles. The van der Waals surface area contributed by atoms with Crippen molar-refractivity contribution in [3.8, 4) is 11.3 Å². The molecule has 0 bridgehead atoms. The molecular formula is C28H26Cl2N2O3SSi. The van der Waals surface area contributed by atoms with Crippen LogP contribution in [-0.4, -0.2) is 21.6 Å². The smallest absolute Gasteiger partial charge is 0.262 e. The number of nitrogens with zero attached hydrogens (tertiary/aromatic N) is 1. The molecule has 4 aromatic rings. The number of anilines is 1. The van der Waals surface area contributed by atoms with Crippen LogP contribution in [0.5, 0.6) is 0 Å². The van der Waals surface area contributed by atoms with Gasteiger partial charge >= 0.3 is 0 Å². The van der Waals surface area contributed by atoms with Crippen molar-refractivity contribution in [2.75, 3.05) is 4.72 Å². The number of sulfonamides is 1. The molecule has 190 valence electrons. The van der Waals surface area contributed by atoms with E-state index >= 15 is 0 Å². The summed E-state index contributed by atoms with van der Waals surface area (Å²) in [5, 5.41) is 6.27. The zero-order valence-electron chi connectivity index (χ0n) is 20.8. The van der Waals surface area contributed by atoms with E-state index in [-0.39, 0.29) is 10.6 Å². The maximum atomic E-state index is 13.4. The van der Waals surface area contributed by atoms with Crippen LogP contribution in [0.2, 0.25) is 29.7 Å². The number of nitrogens with one attached hydrogen (secondary N) is 1. The van der Waals surface area contributed by atoms with Gasteiger partial charge in [-0.2, -0.15) is 0 Å². The van der Waals surface area contributed by atoms with Crippen LogP contribution in [0.25, 0.3) is 22.5 Å². The van der Waals surface area contributed by atoms with E-state index in [9.17, 15) is 8.42 Å². The highest BCUT2D eigenvalue weighted by atomic mass is 35.5. The highest BCUT2D eigenvalue weighted by Crippen LogP contribution is 2.39. The second kappa shape index (κ2) is 10.7. The van der Waals surface area contributed by atoms with Crippen LogP contribution in [0.3, 0.4) is 0 Å². The summed E-state index contributed by atoms with van der Waals surface area (Å²) < 4.78 is 35.5. The van der Waals surface area contributed by atoms with E-state index in [1.54, 1.807) is 60.7 Å². The number of rotatable bonds is 7. The number of halogens is 2. The predicted molar refractivity (Wildman–Crippen MR) is 155 cm³/mol. The monoisotopic (exact) mass is 568 g/mol. The summed E-state index contributed by atoms with van der Waals surface area (Å²) in [4.78, 5) is 0.141. The van der Waals surface area contributed by atoms with Crippen molar-refractivity contribution in [2.45, 2.75) is 31.5 Å². The zero-order chi connectivity index (χ0) is 26.8. The molecule has 0 unspecified atom stereocenters. The van der Waals surface area contributed by atoms with Crippen LogP contribution in [0.15, 0.2) is 87.9 Å². The van der Waals surface area contributed by atoms with Crippen LogP contribution in [0.1, 0.15) is 16.9 Å². The fourth-order valence-corrected chi connectivity index (χ4v) is 6.29. The van der Waals surface area contributed by atoms with Gasteiger partial charge in [0.05, 0.1) is 13.0 Å². The Morgan fingerprint density at radius 1 is 0.919 bits per heavy atom. The molecule has 37 heavy (non-hydrogen) atoms. The third-order valence-electron chi connectivity index (χ3n) is 5.61. The number of aryl methyl sites for hydroxylation is 1. The normalized spacial score (nSPS) is 11.6. The van der Waals surface area contributed by atoms with E-state index in [1.165, 1.54) is 0 Å². The standard InChI is InChI=1S/C28H26Cl2N2O3SSi/c1-19-5-16-24(17-6-19)36(33,34)32-27-26(21-10-14-23(30)15-11-21)31-35-28(27)25(37(2,3)4)18-9-20-7-12-22(29)13-8-20/h5-17,32H,1-4H3. The summed E-state index contributed by atoms with van der Waals surface area (Å²) in [5.74, 6) is 0.338. The molecule has 0 aliphatic rings. The second-order valence-electron chi connectivity index (χ2n) is 9.63. The van der Waals surface area contributed by atoms with Gasteiger partial charge in [0.25, 0.3) is 10.0 Å². The Kier molecular flexibility index (Phi) is 7.83. The van der Waals surface area contributed by atoms with Crippen LogP contribution < -0.4 is 4.72 Å². The van der Waals surface area contributed by atoms with Gasteiger partial charge < -0.3 is 4.52 Å². The predicted octanol–water partition coefficient (Wildman–Crippen LogP) is 8.33. The second-order valence-corrected chi connectivity index (χ2v) is 17.2. The van der Waals surface area contributed by atoms with Gasteiger partial charge in [-0.15, -0.1) is 5.73 Å². The van der Waals surface area contributed by atoms with Gasteiger partial charge in [0, 0.05) is 20.8 Å². The first-order valence-corrected chi connectivity index (χ1v) is 17.3. The molecule has 0 radical (unpaired) electrons. The Morgan fingerprint density at radius 2 is 1.49 bits per heavy atom. The molecule has 0 atom stereocenters. The zero-order valence-corrected chi connectivity index (χ0v) is 24.2. The molecule has 0 fully saturated rings. The average molecular weight is 570 g/mol. The van der Waals surface area contributed by atoms with Gasteiger partial charge in [0.1, 0.15) is 11.4 Å². The van der Waals surface area contributed by atoms with Crippen molar-refractivity contribution >= 4 is 58.3 Å². The average Bonchev–Trinajstić information content (AvgIpc) is 3.22. The summed E-state index contributed by atoms with van der Waals surface area (Å²) in [6.07, 6.45) is 1.84. The Morgan fingerprint density at radius 3 is 2.05 bits per heavy atom. The van der Waals surface area contributed by atoms with Gasteiger partial charge in [-0.1, -0.05) is 90.0 Å². The van der Waals surface area contributed by atoms with Crippen molar-refractivity contribution < 1.29 is 12.9 Å². The first-order valence-electron chi connectivity index (χ1n) is 11.5. The van der Waals surface area contributed by atoms with E-state index in [2.05, 4.69) is 35.3 Å². The lowest BCUT2D eigenvalue weighted by Gasteiger charge is -2.18. The molecule has 4 rings (SSSR count). The third-order valence-corrected chi connectivity index (χ3v) is 9.35. The van der Waals surface area contributed by atoms with E-state index in [4.69, 9.17) is 27.7 Å². The topological polar surface area (TPSA) is 72.2 Å². The molecule has 0 aliphatic heterocycles. The molecule has 0 aliphatic carbocycles. The minimum Gasteiger partial charge on any atom is -0.353 e. The summed E-state index contributed by atoms with van der Waals surface area (Å²) in [7, 11) is -6.06. The molecule has 1 aromatic heterocycles. The Labute approximate surface area is 228 Å². The summed E-state index contributed by atoms with van der Waals surface area (Å²) in [6.45, 7) is 8.30. The lowest BCUT2D eigenvalue weighted by atomic mass is 10.1. The summed E-state index contributed by atoms with van der Waals surface area (Å²) in [6, 6.07) is 21.0. The first-order chi connectivity index (χ1) is 17.4. The van der Waals surface area contributed by atoms with Crippen molar-refractivity contribution in [2.24, 2.45) is 0 Å². The molecule has 5 nitrogen and oxygen atoms in total.